The number of piperidine rings is 1. The zero-order chi connectivity index (χ0) is 18.1. The minimum Gasteiger partial charge on any atom is -0.335 e. The second kappa shape index (κ2) is 6.94. The Bertz CT molecular complexity index is 925. The highest BCUT2D eigenvalue weighted by Gasteiger charge is 2.29. The summed E-state index contributed by atoms with van der Waals surface area (Å²) in [5.41, 5.74) is 2.72. The van der Waals surface area contributed by atoms with Gasteiger partial charge in [-0.2, -0.15) is 5.10 Å². The van der Waals surface area contributed by atoms with Crippen LogP contribution in [0.3, 0.4) is 0 Å². The van der Waals surface area contributed by atoms with Crippen LogP contribution < -0.4 is 0 Å². The molecule has 1 aliphatic heterocycles. The van der Waals surface area contributed by atoms with Crippen molar-refractivity contribution in [1.29, 1.82) is 0 Å². The maximum absolute atomic E-state index is 13.3. The minimum atomic E-state index is 0.112. The quantitative estimate of drug-likeness (QED) is 0.725. The molecule has 26 heavy (non-hydrogen) atoms. The van der Waals surface area contributed by atoms with Crippen molar-refractivity contribution in [3.05, 3.63) is 53.9 Å². The number of carbonyl (C=O) groups excluding carboxylic acids is 1. The van der Waals surface area contributed by atoms with Crippen LogP contribution >= 0.6 is 0 Å². The van der Waals surface area contributed by atoms with Gasteiger partial charge in [0.15, 0.2) is 0 Å². The van der Waals surface area contributed by atoms with Crippen molar-refractivity contribution in [3.8, 4) is 0 Å². The average molecular weight is 351 g/mol. The van der Waals surface area contributed by atoms with E-state index in [2.05, 4.69) is 19.5 Å². The van der Waals surface area contributed by atoms with E-state index < -0.39 is 0 Å². The van der Waals surface area contributed by atoms with E-state index in [-0.39, 0.29) is 11.9 Å². The Labute approximate surface area is 153 Å². The molecular formula is C20H25N5O. The van der Waals surface area contributed by atoms with Crippen molar-refractivity contribution in [2.45, 2.75) is 52.1 Å². The van der Waals surface area contributed by atoms with Gasteiger partial charge < -0.3 is 9.47 Å². The van der Waals surface area contributed by atoms with Crippen molar-refractivity contribution in [2.75, 3.05) is 6.54 Å². The highest BCUT2D eigenvalue weighted by atomic mass is 16.2. The molecule has 0 saturated carbocycles. The van der Waals surface area contributed by atoms with E-state index in [4.69, 9.17) is 0 Å². The molecule has 1 saturated heterocycles. The second-order valence-corrected chi connectivity index (χ2v) is 7.15. The van der Waals surface area contributed by atoms with Crippen molar-refractivity contribution in [1.82, 2.24) is 24.1 Å². The predicted octanol–water partition coefficient (Wildman–Crippen LogP) is 3.23. The molecule has 1 aliphatic rings. The Kier molecular flexibility index (Phi) is 4.49. The van der Waals surface area contributed by atoms with Crippen molar-refractivity contribution < 1.29 is 4.79 Å². The number of imidazole rings is 1. The van der Waals surface area contributed by atoms with Crippen LogP contribution in [0.2, 0.25) is 0 Å². The van der Waals surface area contributed by atoms with Gasteiger partial charge in [-0.1, -0.05) is 6.07 Å². The van der Waals surface area contributed by atoms with Crippen molar-refractivity contribution in [3.63, 3.8) is 0 Å². The summed E-state index contributed by atoms with van der Waals surface area (Å²) in [5.74, 6) is 1.14. The van der Waals surface area contributed by atoms with Gasteiger partial charge in [-0.25, -0.2) is 9.50 Å². The van der Waals surface area contributed by atoms with Crippen LogP contribution in [0, 0.1) is 13.8 Å². The summed E-state index contributed by atoms with van der Waals surface area (Å²) >= 11 is 0. The third-order valence-electron chi connectivity index (χ3n) is 5.49. The topological polar surface area (TPSA) is 55.4 Å². The Morgan fingerprint density at radius 3 is 2.96 bits per heavy atom. The second-order valence-electron chi connectivity index (χ2n) is 7.15. The van der Waals surface area contributed by atoms with Gasteiger partial charge >= 0.3 is 0 Å². The minimum absolute atomic E-state index is 0.112. The molecule has 3 aromatic rings. The largest absolute Gasteiger partial charge is 0.335 e. The van der Waals surface area contributed by atoms with E-state index >= 15 is 0 Å². The van der Waals surface area contributed by atoms with Gasteiger partial charge in [0.25, 0.3) is 5.91 Å². The van der Waals surface area contributed by atoms with Crippen LogP contribution in [0.25, 0.3) is 5.52 Å². The molecule has 3 aromatic heterocycles. The summed E-state index contributed by atoms with van der Waals surface area (Å²) in [6.45, 7) is 5.78. The van der Waals surface area contributed by atoms with Gasteiger partial charge in [0.05, 0.1) is 17.3 Å². The lowest BCUT2D eigenvalue weighted by molar-refractivity contribution is 0.0597. The molecular weight excluding hydrogens is 326 g/mol. The lowest BCUT2D eigenvalue weighted by atomic mass is 9.98. The van der Waals surface area contributed by atoms with Crippen LogP contribution in [0.15, 0.2) is 36.9 Å². The first-order valence-corrected chi connectivity index (χ1v) is 9.37. The van der Waals surface area contributed by atoms with Crippen LogP contribution in [-0.2, 0) is 6.54 Å². The third-order valence-corrected chi connectivity index (χ3v) is 5.49. The van der Waals surface area contributed by atoms with Crippen molar-refractivity contribution in [2.24, 2.45) is 0 Å². The molecule has 4 heterocycles. The Morgan fingerprint density at radius 2 is 2.15 bits per heavy atom. The number of hydrogen-bond acceptors (Lipinski definition) is 3. The number of carbonyl (C=O) groups is 1. The standard InChI is InChI=1S/C20H25N5O/c1-15-6-5-11-25-19(15)18(14-22-25)20(26)24-10-4-3-7-17(24)8-12-23-13-9-21-16(23)2/h5-6,9,11,13-14,17H,3-4,7-8,10,12H2,1-2H3. The summed E-state index contributed by atoms with van der Waals surface area (Å²) in [6.07, 6.45) is 11.7. The number of fused-ring (bicyclic) bond motifs is 1. The fraction of sp³-hybridized carbons (Fsp3) is 0.450. The van der Waals surface area contributed by atoms with Gasteiger partial charge in [0.2, 0.25) is 0 Å². The van der Waals surface area contributed by atoms with E-state index in [0.717, 1.165) is 49.3 Å². The van der Waals surface area contributed by atoms with Crippen LogP contribution in [-0.4, -0.2) is 42.6 Å². The summed E-state index contributed by atoms with van der Waals surface area (Å²) in [5, 5.41) is 4.38. The number of aryl methyl sites for hydroxylation is 3. The summed E-state index contributed by atoms with van der Waals surface area (Å²) in [6, 6.07) is 4.27. The van der Waals surface area contributed by atoms with Gasteiger partial charge in [-0.3, -0.25) is 4.79 Å². The molecule has 0 aromatic carbocycles. The molecule has 1 unspecified atom stereocenters. The summed E-state index contributed by atoms with van der Waals surface area (Å²) in [4.78, 5) is 19.7. The van der Waals surface area contributed by atoms with Gasteiger partial charge in [0.1, 0.15) is 5.82 Å². The highest BCUT2D eigenvalue weighted by molar-refractivity contribution is 6.01. The molecule has 1 amide bonds. The maximum Gasteiger partial charge on any atom is 0.257 e. The van der Waals surface area contributed by atoms with Crippen molar-refractivity contribution >= 4 is 11.4 Å². The summed E-state index contributed by atoms with van der Waals surface area (Å²) < 4.78 is 3.97. The van der Waals surface area contributed by atoms with E-state index in [1.165, 1.54) is 6.42 Å². The summed E-state index contributed by atoms with van der Waals surface area (Å²) in [7, 11) is 0. The number of aromatic nitrogens is 4. The number of pyridine rings is 1. The van der Waals surface area contributed by atoms with E-state index in [9.17, 15) is 4.79 Å². The first kappa shape index (κ1) is 16.8. The SMILES string of the molecule is Cc1cccn2ncc(C(=O)N3CCCCC3CCn3ccnc3C)c12. The first-order valence-electron chi connectivity index (χ1n) is 9.37. The van der Waals surface area contributed by atoms with Crippen LogP contribution in [0.5, 0.6) is 0 Å². The smallest absolute Gasteiger partial charge is 0.257 e. The molecule has 4 rings (SSSR count). The number of nitrogens with zero attached hydrogens (tertiary/aromatic N) is 5. The van der Waals surface area contributed by atoms with Gasteiger partial charge in [0, 0.05) is 37.7 Å². The number of amides is 1. The first-order chi connectivity index (χ1) is 12.6. The van der Waals surface area contributed by atoms with Gasteiger partial charge in [-0.05, 0) is 51.2 Å². The number of likely N-dealkylation sites (tertiary alicyclic amines) is 1. The monoisotopic (exact) mass is 351 g/mol. The van der Waals surface area contributed by atoms with E-state index in [0.29, 0.717) is 5.56 Å². The lowest BCUT2D eigenvalue weighted by Gasteiger charge is -2.36. The van der Waals surface area contributed by atoms with Gasteiger partial charge in [-0.15, -0.1) is 0 Å². The molecule has 0 radical (unpaired) electrons. The van der Waals surface area contributed by atoms with Crippen LogP contribution in [0.4, 0.5) is 0 Å². The lowest BCUT2D eigenvalue weighted by Crippen LogP contribution is -2.44. The average Bonchev–Trinajstić information content (AvgIpc) is 3.26. The molecule has 0 bridgehead atoms. The molecule has 136 valence electrons. The Morgan fingerprint density at radius 1 is 1.27 bits per heavy atom. The number of rotatable bonds is 4. The molecule has 1 fully saturated rings. The van der Waals surface area contributed by atoms with Crippen LogP contribution in [0.1, 0.15) is 47.4 Å². The Balaban J connectivity index is 1.57. The fourth-order valence-corrected chi connectivity index (χ4v) is 4.02. The zero-order valence-corrected chi connectivity index (χ0v) is 15.4. The highest BCUT2D eigenvalue weighted by Crippen LogP contribution is 2.25. The predicted molar refractivity (Wildman–Crippen MR) is 100 cm³/mol. The molecule has 6 heteroatoms. The normalized spacial score (nSPS) is 17.8. The van der Waals surface area contributed by atoms with E-state index in [1.807, 2.05) is 44.6 Å². The maximum atomic E-state index is 13.3. The molecule has 6 nitrogen and oxygen atoms in total. The molecule has 0 N–H and O–H groups in total. The molecule has 1 atom stereocenters. The fourth-order valence-electron chi connectivity index (χ4n) is 4.02. The zero-order valence-electron chi connectivity index (χ0n) is 15.4. The third kappa shape index (κ3) is 3.00. The molecule has 0 spiro atoms. The number of hydrogen-bond donors (Lipinski definition) is 0. The Hall–Kier alpha value is -2.63. The molecule has 0 aliphatic carbocycles. The van der Waals surface area contributed by atoms with E-state index in [1.54, 1.807) is 10.7 Å².